The third-order valence-corrected chi connectivity index (χ3v) is 5.91. The summed E-state index contributed by atoms with van der Waals surface area (Å²) < 4.78 is 1.20. The number of likely N-dealkylation sites (N-methyl/N-ethyl adjacent to an activating group) is 2. The molecule has 0 saturated carbocycles. The van der Waals surface area contributed by atoms with Crippen LogP contribution in [0, 0.1) is 0 Å². The average molecular weight is 365 g/mol. The highest BCUT2D eigenvalue weighted by atomic mass is 35.5. The van der Waals surface area contributed by atoms with Gasteiger partial charge in [-0.3, -0.25) is 4.79 Å². The summed E-state index contributed by atoms with van der Waals surface area (Å²) in [4.78, 5) is 15.4. The number of halogens is 1. The van der Waals surface area contributed by atoms with E-state index in [9.17, 15) is 9.90 Å². The Kier molecular flexibility index (Phi) is 5.25. The third kappa shape index (κ3) is 3.22. The van der Waals surface area contributed by atoms with Gasteiger partial charge in [0.25, 0.3) is 0 Å². The van der Waals surface area contributed by atoms with Crippen molar-refractivity contribution in [3.8, 4) is 0 Å². The van der Waals surface area contributed by atoms with Gasteiger partial charge in [0, 0.05) is 58.7 Å². The molecule has 1 aliphatic heterocycles. The van der Waals surface area contributed by atoms with Gasteiger partial charge in [-0.2, -0.15) is 0 Å². The fraction of sp³-hybridized carbons (Fsp3) is 0.389. The Morgan fingerprint density at radius 3 is 2.96 bits per heavy atom. The van der Waals surface area contributed by atoms with Crippen LogP contribution >= 0.6 is 22.9 Å². The summed E-state index contributed by atoms with van der Waals surface area (Å²) in [6.45, 7) is 1.75. The van der Waals surface area contributed by atoms with Crippen molar-refractivity contribution in [1.29, 1.82) is 0 Å². The molecule has 1 aromatic heterocycles. The molecule has 3 rings (SSSR count). The number of aliphatic hydroxyl groups is 1. The minimum Gasteiger partial charge on any atom is -0.396 e. The van der Waals surface area contributed by atoms with Crippen molar-refractivity contribution in [2.24, 2.45) is 0 Å². The van der Waals surface area contributed by atoms with E-state index in [2.05, 4.69) is 23.3 Å². The number of hydrogen-bond donors (Lipinski definition) is 2. The molecule has 1 aliphatic rings. The van der Waals surface area contributed by atoms with Crippen LogP contribution < -0.4 is 5.32 Å². The van der Waals surface area contributed by atoms with Gasteiger partial charge in [0.1, 0.15) is 0 Å². The quantitative estimate of drug-likeness (QED) is 0.820. The molecule has 2 N–H and O–H groups in total. The monoisotopic (exact) mass is 364 g/mol. The summed E-state index contributed by atoms with van der Waals surface area (Å²) >= 11 is 8.12. The zero-order chi connectivity index (χ0) is 17.3. The number of carbonyl (C=O) groups excluding carboxylic acids is 1. The molecule has 0 atom stereocenters. The molecule has 0 bridgehead atoms. The molecule has 0 aliphatic carbocycles. The zero-order valence-electron chi connectivity index (χ0n) is 13.9. The molecule has 1 amide bonds. The van der Waals surface area contributed by atoms with E-state index in [1.54, 1.807) is 18.4 Å². The molecule has 0 radical (unpaired) electrons. The van der Waals surface area contributed by atoms with Crippen LogP contribution in [0.3, 0.4) is 0 Å². The Morgan fingerprint density at radius 2 is 2.25 bits per heavy atom. The van der Waals surface area contributed by atoms with Crippen LogP contribution in [0.1, 0.15) is 22.4 Å². The third-order valence-electron chi connectivity index (χ3n) is 4.41. The molecule has 2 heterocycles. The van der Waals surface area contributed by atoms with E-state index in [4.69, 9.17) is 11.6 Å². The van der Waals surface area contributed by atoms with E-state index >= 15 is 0 Å². The fourth-order valence-corrected chi connectivity index (χ4v) is 4.64. The Morgan fingerprint density at radius 1 is 1.46 bits per heavy atom. The van der Waals surface area contributed by atoms with Gasteiger partial charge in [-0.05, 0) is 42.8 Å². The highest BCUT2D eigenvalue weighted by Crippen LogP contribution is 2.40. The first-order valence-corrected chi connectivity index (χ1v) is 9.19. The lowest BCUT2D eigenvalue weighted by Gasteiger charge is -2.13. The number of hydrogen-bond acceptors (Lipinski definition) is 4. The van der Waals surface area contributed by atoms with Crippen molar-refractivity contribution in [2.75, 3.05) is 27.2 Å². The van der Waals surface area contributed by atoms with Crippen LogP contribution in [0.2, 0.25) is 5.02 Å². The summed E-state index contributed by atoms with van der Waals surface area (Å²) in [5.41, 5.74) is 3.03. The van der Waals surface area contributed by atoms with Gasteiger partial charge >= 0.3 is 0 Å². The number of amides is 1. The molecule has 2 aromatic rings. The van der Waals surface area contributed by atoms with E-state index in [0.717, 1.165) is 29.4 Å². The second-order valence-corrected chi connectivity index (χ2v) is 7.55. The minimum atomic E-state index is -0.145. The lowest BCUT2D eigenvalue weighted by Crippen LogP contribution is -2.21. The minimum absolute atomic E-state index is 0.0452. The highest BCUT2D eigenvalue weighted by molar-refractivity contribution is 7.20. The number of benzene rings is 1. The second-order valence-electron chi connectivity index (χ2n) is 6.05. The summed E-state index contributed by atoms with van der Waals surface area (Å²) in [5.74, 6) is -0.145. The lowest BCUT2D eigenvalue weighted by molar-refractivity contribution is -0.117. The normalized spacial score (nSPS) is 15.6. The number of aliphatic hydroxyl groups excluding tert-OH is 1. The SMILES string of the molecule is CNC(=O)/C(=C/c1sc2ccc(Cl)c3c2c1CN(C)CC3)CCO. The Balaban J connectivity index is 2.20. The predicted octanol–water partition coefficient (Wildman–Crippen LogP) is 3.05. The lowest BCUT2D eigenvalue weighted by atomic mass is 10.0. The Hall–Kier alpha value is -1.40. The van der Waals surface area contributed by atoms with Crippen LogP contribution in [-0.2, 0) is 17.8 Å². The summed E-state index contributed by atoms with van der Waals surface area (Å²) in [5, 5.41) is 14.0. The summed E-state index contributed by atoms with van der Waals surface area (Å²) in [6.07, 6.45) is 3.20. The predicted molar refractivity (Wildman–Crippen MR) is 101 cm³/mol. The highest BCUT2D eigenvalue weighted by Gasteiger charge is 2.22. The van der Waals surface area contributed by atoms with Gasteiger partial charge < -0.3 is 15.3 Å². The Bertz CT molecular complexity index is 813. The largest absolute Gasteiger partial charge is 0.396 e. The van der Waals surface area contributed by atoms with Crippen LogP contribution in [-0.4, -0.2) is 43.2 Å². The summed E-state index contributed by atoms with van der Waals surface area (Å²) in [7, 11) is 3.71. The van der Waals surface area contributed by atoms with Crippen molar-refractivity contribution in [3.05, 3.63) is 38.7 Å². The molecular formula is C18H21ClN2O2S. The maximum absolute atomic E-state index is 12.1. The Labute approximate surface area is 150 Å². The number of carbonyl (C=O) groups is 1. The molecule has 0 spiro atoms. The standard InChI is InChI=1S/C18H21ClN2O2S/c1-20-18(23)11(6-8-22)9-16-13-10-21(2)7-5-12-14(19)3-4-15(24-16)17(12)13/h3-4,9,22H,5-8,10H2,1-2H3,(H,20,23)/b11-9+. The first-order valence-electron chi connectivity index (χ1n) is 8.00. The van der Waals surface area contributed by atoms with Crippen molar-refractivity contribution in [2.45, 2.75) is 19.4 Å². The van der Waals surface area contributed by atoms with Gasteiger partial charge in [-0.1, -0.05) is 11.6 Å². The first kappa shape index (κ1) is 17.4. The average Bonchev–Trinajstić information content (AvgIpc) is 2.79. The van der Waals surface area contributed by atoms with Gasteiger partial charge in [0.15, 0.2) is 0 Å². The molecule has 6 heteroatoms. The molecule has 24 heavy (non-hydrogen) atoms. The second kappa shape index (κ2) is 7.23. The molecule has 128 valence electrons. The molecule has 0 unspecified atom stereocenters. The zero-order valence-corrected chi connectivity index (χ0v) is 15.4. The van der Waals surface area contributed by atoms with E-state index in [1.807, 2.05) is 12.1 Å². The van der Waals surface area contributed by atoms with Crippen molar-refractivity contribution >= 4 is 45.0 Å². The maximum Gasteiger partial charge on any atom is 0.247 e. The fourth-order valence-electron chi connectivity index (χ4n) is 3.18. The van der Waals surface area contributed by atoms with Crippen molar-refractivity contribution < 1.29 is 9.90 Å². The number of thiophene rings is 1. The number of rotatable bonds is 4. The van der Waals surface area contributed by atoms with Gasteiger partial charge in [-0.15, -0.1) is 11.3 Å². The van der Waals surface area contributed by atoms with Crippen molar-refractivity contribution in [3.63, 3.8) is 0 Å². The molecule has 4 nitrogen and oxygen atoms in total. The number of nitrogens with one attached hydrogen (secondary N) is 1. The van der Waals surface area contributed by atoms with Crippen LogP contribution in [0.15, 0.2) is 17.7 Å². The van der Waals surface area contributed by atoms with Gasteiger partial charge in [-0.25, -0.2) is 0 Å². The van der Waals surface area contributed by atoms with Gasteiger partial charge in [0.05, 0.1) is 0 Å². The van der Waals surface area contributed by atoms with E-state index < -0.39 is 0 Å². The molecule has 0 saturated heterocycles. The van der Waals surface area contributed by atoms with Gasteiger partial charge in [0.2, 0.25) is 5.91 Å². The molecular weight excluding hydrogens is 344 g/mol. The van der Waals surface area contributed by atoms with E-state index in [-0.39, 0.29) is 12.5 Å². The molecule has 1 aromatic carbocycles. The summed E-state index contributed by atoms with van der Waals surface area (Å²) in [6, 6.07) is 4.02. The maximum atomic E-state index is 12.1. The first-order chi connectivity index (χ1) is 11.5. The van der Waals surface area contributed by atoms with Crippen molar-refractivity contribution in [1.82, 2.24) is 10.2 Å². The van der Waals surface area contributed by atoms with Crippen LogP contribution in [0.4, 0.5) is 0 Å². The van der Waals surface area contributed by atoms with Crippen LogP contribution in [0.5, 0.6) is 0 Å². The number of nitrogens with zero attached hydrogens (tertiary/aromatic N) is 1. The van der Waals surface area contributed by atoms with Crippen LogP contribution in [0.25, 0.3) is 16.2 Å². The smallest absolute Gasteiger partial charge is 0.247 e. The topological polar surface area (TPSA) is 52.6 Å². The molecule has 0 fully saturated rings. The van der Waals surface area contributed by atoms with E-state index in [0.29, 0.717) is 12.0 Å². The van der Waals surface area contributed by atoms with E-state index in [1.165, 1.54) is 21.2 Å².